The third kappa shape index (κ3) is 3.44. The summed E-state index contributed by atoms with van der Waals surface area (Å²) in [7, 11) is 3.17. The van der Waals surface area contributed by atoms with Gasteiger partial charge in [-0.1, -0.05) is 17.3 Å². The molecule has 0 bridgehead atoms. The molecule has 7 heteroatoms. The van der Waals surface area contributed by atoms with Crippen LogP contribution in [0.1, 0.15) is 29.3 Å². The van der Waals surface area contributed by atoms with E-state index in [0.717, 1.165) is 16.8 Å². The summed E-state index contributed by atoms with van der Waals surface area (Å²) >= 11 is 0. The molecule has 0 radical (unpaired) electrons. The van der Waals surface area contributed by atoms with E-state index in [2.05, 4.69) is 10.1 Å². The largest absolute Gasteiger partial charge is 0.497 e. The van der Waals surface area contributed by atoms with E-state index in [1.807, 2.05) is 49.1 Å². The van der Waals surface area contributed by atoms with Crippen molar-refractivity contribution in [2.75, 3.05) is 25.7 Å². The van der Waals surface area contributed by atoms with Crippen LogP contribution in [0.5, 0.6) is 11.5 Å². The molecule has 1 aliphatic heterocycles. The highest BCUT2D eigenvalue weighted by molar-refractivity contribution is 5.97. The second kappa shape index (κ2) is 7.58. The number of ether oxygens (including phenoxy) is 2. The van der Waals surface area contributed by atoms with Crippen molar-refractivity contribution in [2.24, 2.45) is 0 Å². The Morgan fingerprint density at radius 2 is 1.97 bits per heavy atom. The fourth-order valence-electron chi connectivity index (χ4n) is 3.63. The summed E-state index contributed by atoms with van der Waals surface area (Å²) in [5.41, 5.74) is 3.89. The molecule has 0 saturated carbocycles. The first-order valence-electron chi connectivity index (χ1n) is 9.44. The van der Waals surface area contributed by atoms with Crippen LogP contribution in [0.25, 0.3) is 11.5 Å². The number of anilines is 1. The third-order valence-corrected chi connectivity index (χ3v) is 5.44. The highest BCUT2D eigenvalue weighted by atomic mass is 16.5. The highest BCUT2D eigenvalue weighted by Crippen LogP contribution is 2.36. The second-order valence-electron chi connectivity index (χ2n) is 7.15. The average Bonchev–Trinajstić information content (AvgIpc) is 3.36. The highest BCUT2D eigenvalue weighted by Gasteiger charge is 2.35. The minimum Gasteiger partial charge on any atom is -0.497 e. The normalized spacial score (nSPS) is 16.3. The summed E-state index contributed by atoms with van der Waals surface area (Å²) in [6, 6.07) is 11.4. The molecule has 2 heterocycles. The molecule has 1 saturated heterocycles. The van der Waals surface area contributed by atoms with Crippen molar-refractivity contribution >= 4 is 11.6 Å². The molecule has 1 amide bonds. The van der Waals surface area contributed by atoms with Crippen LogP contribution in [0.2, 0.25) is 0 Å². The Morgan fingerprint density at radius 3 is 2.72 bits per heavy atom. The minimum absolute atomic E-state index is 0.0667. The van der Waals surface area contributed by atoms with Gasteiger partial charge in [-0.05, 0) is 43.2 Å². The van der Waals surface area contributed by atoms with Crippen molar-refractivity contribution in [2.45, 2.75) is 26.2 Å². The number of benzene rings is 2. The van der Waals surface area contributed by atoms with Gasteiger partial charge in [0.25, 0.3) is 5.89 Å². The van der Waals surface area contributed by atoms with Gasteiger partial charge in [0.2, 0.25) is 5.91 Å². The molecule has 1 fully saturated rings. The number of carbonyl (C=O) groups is 1. The van der Waals surface area contributed by atoms with Crippen molar-refractivity contribution in [3.63, 3.8) is 0 Å². The summed E-state index contributed by atoms with van der Waals surface area (Å²) < 4.78 is 16.1. The number of rotatable bonds is 5. The standard InChI is InChI=1S/C22H23N3O4/c1-13-6-5-7-18(14(13)2)25-12-15(10-20(25)26)21-23-22(29-24-21)17-9-8-16(27-3)11-19(17)28-4/h5-9,11,15H,10,12H2,1-4H3. The molecule has 150 valence electrons. The van der Waals surface area contributed by atoms with E-state index in [-0.39, 0.29) is 11.8 Å². The van der Waals surface area contributed by atoms with Gasteiger partial charge in [-0.3, -0.25) is 4.79 Å². The maximum absolute atomic E-state index is 12.7. The van der Waals surface area contributed by atoms with Crippen LogP contribution in [0.3, 0.4) is 0 Å². The second-order valence-corrected chi connectivity index (χ2v) is 7.15. The van der Waals surface area contributed by atoms with E-state index >= 15 is 0 Å². The molecular formula is C22H23N3O4. The van der Waals surface area contributed by atoms with Gasteiger partial charge in [0.15, 0.2) is 5.82 Å². The first kappa shape index (κ1) is 19.0. The number of aryl methyl sites for hydroxylation is 1. The molecule has 7 nitrogen and oxygen atoms in total. The Hall–Kier alpha value is -3.35. The number of carbonyl (C=O) groups excluding carboxylic acids is 1. The van der Waals surface area contributed by atoms with Crippen LogP contribution in [0.15, 0.2) is 40.9 Å². The van der Waals surface area contributed by atoms with Crippen molar-refractivity contribution < 1.29 is 18.8 Å². The van der Waals surface area contributed by atoms with E-state index in [4.69, 9.17) is 14.0 Å². The zero-order chi connectivity index (χ0) is 20.5. The van der Waals surface area contributed by atoms with Crippen LogP contribution in [-0.4, -0.2) is 36.8 Å². The fraction of sp³-hybridized carbons (Fsp3) is 0.318. The Morgan fingerprint density at radius 1 is 1.14 bits per heavy atom. The van der Waals surface area contributed by atoms with Crippen LogP contribution in [0.4, 0.5) is 5.69 Å². The summed E-state index contributed by atoms with van der Waals surface area (Å²) in [6.45, 7) is 4.61. The van der Waals surface area contributed by atoms with Gasteiger partial charge in [0.1, 0.15) is 11.5 Å². The Kier molecular flexibility index (Phi) is 4.96. The third-order valence-electron chi connectivity index (χ3n) is 5.44. The van der Waals surface area contributed by atoms with Gasteiger partial charge < -0.3 is 18.9 Å². The lowest BCUT2D eigenvalue weighted by atomic mass is 10.1. The predicted octanol–water partition coefficient (Wildman–Crippen LogP) is 3.89. The first-order chi connectivity index (χ1) is 14.0. The topological polar surface area (TPSA) is 77.7 Å². The molecule has 2 aromatic carbocycles. The molecule has 0 spiro atoms. The quantitative estimate of drug-likeness (QED) is 0.654. The van der Waals surface area contributed by atoms with Crippen LogP contribution in [-0.2, 0) is 4.79 Å². The van der Waals surface area contributed by atoms with E-state index in [9.17, 15) is 4.79 Å². The number of nitrogens with zero attached hydrogens (tertiary/aromatic N) is 3. The summed E-state index contributed by atoms with van der Waals surface area (Å²) in [5.74, 6) is 2.09. The average molecular weight is 393 g/mol. The first-order valence-corrected chi connectivity index (χ1v) is 9.44. The Bertz CT molecular complexity index is 1060. The molecule has 0 aliphatic carbocycles. The number of hydrogen-bond acceptors (Lipinski definition) is 6. The number of methoxy groups -OCH3 is 2. The summed E-state index contributed by atoms with van der Waals surface area (Å²) in [4.78, 5) is 19.0. The smallest absolute Gasteiger partial charge is 0.261 e. The van der Waals surface area contributed by atoms with Crippen molar-refractivity contribution in [3.8, 4) is 23.0 Å². The Balaban J connectivity index is 1.59. The molecule has 1 aliphatic rings. The zero-order valence-corrected chi connectivity index (χ0v) is 16.9. The van der Waals surface area contributed by atoms with Gasteiger partial charge in [-0.15, -0.1) is 0 Å². The van der Waals surface area contributed by atoms with Crippen molar-refractivity contribution in [1.82, 2.24) is 10.1 Å². The maximum Gasteiger partial charge on any atom is 0.261 e. The van der Waals surface area contributed by atoms with Gasteiger partial charge in [-0.2, -0.15) is 4.98 Å². The van der Waals surface area contributed by atoms with Gasteiger partial charge in [0.05, 0.1) is 19.8 Å². The molecule has 3 aromatic rings. The fourth-order valence-corrected chi connectivity index (χ4v) is 3.63. The lowest BCUT2D eigenvalue weighted by Gasteiger charge is -2.19. The molecule has 1 aromatic heterocycles. The van der Waals surface area contributed by atoms with E-state index in [1.165, 1.54) is 0 Å². The number of amides is 1. The number of hydrogen-bond donors (Lipinski definition) is 0. The van der Waals surface area contributed by atoms with Crippen molar-refractivity contribution in [3.05, 3.63) is 53.3 Å². The van der Waals surface area contributed by atoms with E-state index < -0.39 is 0 Å². The van der Waals surface area contributed by atoms with Gasteiger partial charge >= 0.3 is 0 Å². The molecule has 0 N–H and O–H groups in total. The lowest BCUT2D eigenvalue weighted by molar-refractivity contribution is -0.117. The SMILES string of the molecule is COc1ccc(-c2nc(C3CC(=O)N(c4cccc(C)c4C)C3)no2)c(OC)c1. The molecule has 4 rings (SSSR count). The van der Waals surface area contributed by atoms with Gasteiger partial charge in [0, 0.05) is 30.6 Å². The molecule has 1 unspecified atom stereocenters. The van der Waals surface area contributed by atoms with Crippen molar-refractivity contribution in [1.29, 1.82) is 0 Å². The maximum atomic E-state index is 12.7. The monoisotopic (exact) mass is 393 g/mol. The molecule has 29 heavy (non-hydrogen) atoms. The molecular weight excluding hydrogens is 370 g/mol. The van der Waals surface area contributed by atoms with Crippen LogP contribution in [0, 0.1) is 13.8 Å². The minimum atomic E-state index is -0.121. The summed E-state index contributed by atoms with van der Waals surface area (Å²) in [6.07, 6.45) is 0.353. The molecule has 1 atom stereocenters. The van der Waals surface area contributed by atoms with Crippen LogP contribution < -0.4 is 14.4 Å². The number of aromatic nitrogens is 2. The Labute approximate surface area is 169 Å². The van der Waals surface area contributed by atoms with Crippen LogP contribution >= 0.6 is 0 Å². The predicted molar refractivity (Wildman–Crippen MR) is 108 cm³/mol. The zero-order valence-electron chi connectivity index (χ0n) is 16.9. The lowest BCUT2D eigenvalue weighted by Crippen LogP contribution is -2.25. The van der Waals surface area contributed by atoms with E-state index in [0.29, 0.717) is 41.7 Å². The summed E-state index contributed by atoms with van der Waals surface area (Å²) in [5, 5.41) is 4.14. The van der Waals surface area contributed by atoms with Gasteiger partial charge in [-0.25, -0.2) is 0 Å². The van der Waals surface area contributed by atoms with E-state index in [1.54, 1.807) is 20.3 Å².